The van der Waals surface area contributed by atoms with E-state index >= 15 is 0 Å². The zero-order valence-corrected chi connectivity index (χ0v) is 17.5. The maximum Gasteiger partial charge on any atom is 0.408 e. The summed E-state index contributed by atoms with van der Waals surface area (Å²) < 4.78 is 15.4. The highest BCUT2D eigenvalue weighted by Gasteiger charge is 2.34. The minimum absolute atomic E-state index is 0.0826. The molecule has 0 radical (unpaired) electrons. The predicted molar refractivity (Wildman–Crippen MR) is 101 cm³/mol. The number of ether oxygens (including phenoxy) is 3. The maximum atomic E-state index is 12.1. The van der Waals surface area contributed by atoms with Crippen molar-refractivity contribution in [2.45, 2.75) is 84.5 Å². The van der Waals surface area contributed by atoms with Crippen LogP contribution in [-0.2, 0) is 23.8 Å². The molecule has 1 rings (SSSR count). The fourth-order valence-corrected chi connectivity index (χ4v) is 2.92. The Labute approximate surface area is 161 Å². The summed E-state index contributed by atoms with van der Waals surface area (Å²) in [6.07, 6.45) is 3.53. The van der Waals surface area contributed by atoms with E-state index in [4.69, 9.17) is 14.2 Å². The lowest BCUT2D eigenvalue weighted by Gasteiger charge is -2.31. The Balaban J connectivity index is 2.70. The largest absolute Gasteiger partial charge is 0.467 e. The molecular formula is C20H33NO6. The Morgan fingerprint density at radius 3 is 1.96 bits per heavy atom. The van der Waals surface area contributed by atoms with Crippen LogP contribution in [0.3, 0.4) is 0 Å². The Kier molecular flexibility index (Phi) is 7.87. The van der Waals surface area contributed by atoms with E-state index in [2.05, 4.69) is 5.32 Å². The van der Waals surface area contributed by atoms with Crippen LogP contribution in [0.1, 0.15) is 67.2 Å². The van der Waals surface area contributed by atoms with Gasteiger partial charge in [0.05, 0.1) is 7.11 Å². The van der Waals surface area contributed by atoms with Crippen molar-refractivity contribution >= 4 is 18.0 Å². The molecule has 1 atom stereocenters. The van der Waals surface area contributed by atoms with Gasteiger partial charge in [-0.1, -0.05) is 5.57 Å². The zero-order valence-electron chi connectivity index (χ0n) is 17.5. The van der Waals surface area contributed by atoms with E-state index in [1.165, 1.54) is 13.2 Å². The fourth-order valence-electron chi connectivity index (χ4n) is 2.92. The van der Waals surface area contributed by atoms with Crippen LogP contribution >= 0.6 is 0 Å². The van der Waals surface area contributed by atoms with Crippen molar-refractivity contribution in [1.82, 2.24) is 5.32 Å². The van der Waals surface area contributed by atoms with Crippen molar-refractivity contribution in [2.75, 3.05) is 7.11 Å². The lowest BCUT2D eigenvalue weighted by molar-refractivity contribution is -0.148. The summed E-state index contributed by atoms with van der Waals surface area (Å²) in [6, 6.07) is -0.770. The van der Waals surface area contributed by atoms with Gasteiger partial charge in [-0.25, -0.2) is 14.4 Å². The molecule has 0 aromatic carbocycles. The second kappa shape index (κ2) is 9.24. The number of nitrogens with one attached hydrogen (secondary N) is 1. The second-order valence-corrected chi connectivity index (χ2v) is 8.82. The lowest BCUT2D eigenvalue weighted by atomic mass is 9.81. The summed E-state index contributed by atoms with van der Waals surface area (Å²) in [4.78, 5) is 36.1. The number of rotatable bonds is 4. The first-order valence-electron chi connectivity index (χ1n) is 9.30. The third kappa shape index (κ3) is 8.93. The molecule has 154 valence electrons. The molecule has 0 saturated heterocycles. The molecule has 1 saturated carbocycles. The Morgan fingerprint density at radius 1 is 1.00 bits per heavy atom. The van der Waals surface area contributed by atoms with Gasteiger partial charge in [-0.3, -0.25) is 0 Å². The summed E-state index contributed by atoms with van der Waals surface area (Å²) in [5.74, 6) is -0.932. The number of carbonyl (C=O) groups is 3. The van der Waals surface area contributed by atoms with Crippen LogP contribution in [0.5, 0.6) is 0 Å². The standard InChI is InChI=1S/C20H33NO6/c1-19(2,3)26-15(22)12-13-8-10-14(11-9-13)16(17(23)25-7)21-18(24)27-20(4,5)6/h12,14,16H,8-11H2,1-7H3,(H,21,24)/t14?,16-/m1/s1. The number of amides is 1. The molecule has 7 nitrogen and oxygen atoms in total. The average molecular weight is 383 g/mol. The number of hydrogen-bond donors (Lipinski definition) is 1. The summed E-state index contributed by atoms with van der Waals surface area (Å²) in [6.45, 7) is 10.7. The molecule has 0 aliphatic heterocycles. The van der Waals surface area contributed by atoms with Crippen molar-refractivity contribution in [3.05, 3.63) is 11.6 Å². The van der Waals surface area contributed by atoms with Crippen LogP contribution in [0.25, 0.3) is 0 Å². The van der Waals surface area contributed by atoms with Gasteiger partial charge in [0, 0.05) is 6.08 Å². The number of allylic oxidation sites excluding steroid dienone is 1. The van der Waals surface area contributed by atoms with Gasteiger partial charge >= 0.3 is 18.0 Å². The van der Waals surface area contributed by atoms with Crippen molar-refractivity contribution < 1.29 is 28.6 Å². The molecular weight excluding hydrogens is 350 g/mol. The van der Waals surface area contributed by atoms with Gasteiger partial charge in [0.1, 0.15) is 17.2 Å². The number of alkyl carbamates (subject to hydrolysis) is 1. The molecule has 0 bridgehead atoms. The molecule has 0 aromatic heterocycles. The summed E-state index contributed by atoms with van der Waals surface area (Å²) >= 11 is 0. The van der Waals surface area contributed by atoms with Crippen LogP contribution in [0.2, 0.25) is 0 Å². The van der Waals surface area contributed by atoms with Crippen LogP contribution in [0.15, 0.2) is 11.6 Å². The molecule has 7 heteroatoms. The minimum Gasteiger partial charge on any atom is -0.467 e. The van der Waals surface area contributed by atoms with E-state index < -0.39 is 29.3 Å². The summed E-state index contributed by atoms with van der Waals surface area (Å²) in [7, 11) is 1.29. The quantitative estimate of drug-likeness (QED) is 0.454. The number of hydrogen-bond acceptors (Lipinski definition) is 6. The van der Waals surface area contributed by atoms with Gasteiger partial charge < -0.3 is 19.5 Å². The first-order valence-corrected chi connectivity index (χ1v) is 9.30. The Hall–Kier alpha value is -2.05. The normalized spacial score (nSPS) is 18.9. The van der Waals surface area contributed by atoms with E-state index in [0.29, 0.717) is 25.7 Å². The third-order valence-electron chi connectivity index (χ3n) is 4.00. The van der Waals surface area contributed by atoms with Crippen molar-refractivity contribution in [3.63, 3.8) is 0 Å². The van der Waals surface area contributed by atoms with Gasteiger partial charge in [0.2, 0.25) is 0 Å². The molecule has 27 heavy (non-hydrogen) atoms. The fraction of sp³-hybridized carbons (Fsp3) is 0.750. The monoisotopic (exact) mass is 383 g/mol. The van der Waals surface area contributed by atoms with Crippen LogP contribution < -0.4 is 5.32 Å². The first-order chi connectivity index (χ1) is 12.3. The van der Waals surface area contributed by atoms with Crippen molar-refractivity contribution in [3.8, 4) is 0 Å². The molecule has 1 amide bonds. The van der Waals surface area contributed by atoms with Crippen LogP contribution in [0.4, 0.5) is 4.79 Å². The molecule has 1 fully saturated rings. The number of methoxy groups -OCH3 is 1. The van der Waals surface area contributed by atoms with E-state index in [-0.39, 0.29) is 11.9 Å². The summed E-state index contributed by atoms with van der Waals surface area (Å²) in [5, 5.41) is 2.63. The SMILES string of the molecule is COC(=O)[C@H](NC(=O)OC(C)(C)C)C1CCC(=CC(=O)OC(C)(C)C)CC1. The number of esters is 2. The highest BCUT2D eigenvalue weighted by atomic mass is 16.6. The summed E-state index contributed by atoms with van der Waals surface area (Å²) in [5.41, 5.74) is -0.194. The average Bonchev–Trinajstić information content (AvgIpc) is 2.49. The van der Waals surface area contributed by atoms with Gasteiger partial charge in [-0.2, -0.15) is 0 Å². The lowest BCUT2D eigenvalue weighted by Crippen LogP contribution is -2.48. The molecule has 0 heterocycles. The zero-order chi connectivity index (χ0) is 20.8. The maximum absolute atomic E-state index is 12.1. The molecule has 0 spiro atoms. The minimum atomic E-state index is -0.770. The first kappa shape index (κ1) is 23.0. The van der Waals surface area contributed by atoms with E-state index in [1.54, 1.807) is 20.8 Å². The molecule has 1 aliphatic rings. The van der Waals surface area contributed by atoms with Crippen molar-refractivity contribution in [2.24, 2.45) is 5.92 Å². The van der Waals surface area contributed by atoms with Gasteiger partial charge in [-0.05, 0) is 73.1 Å². The van der Waals surface area contributed by atoms with E-state index in [1.807, 2.05) is 20.8 Å². The molecule has 0 unspecified atom stereocenters. The van der Waals surface area contributed by atoms with Crippen LogP contribution in [0, 0.1) is 5.92 Å². The smallest absolute Gasteiger partial charge is 0.408 e. The second-order valence-electron chi connectivity index (χ2n) is 8.82. The molecule has 0 aromatic rings. The topological polar surface area (TPSA) is 90.9 Å². The van der Waals surface area contributed by atoms with E-state index in [0.717, 1.165) is 5.57 Å². The van der Waals surface area contributed by atoms with Gasteiger partial charge in [0.25, 0.3) is 0 Å². The Morgan fingerprint density at radius 2 is 1.52 bits per heavy atom. The number of carbonyl (C=O) groups excluding carboxylic acids is 3. The van der Waals surface area contributed by atoms with Crippen LogP contribution in [-0.4, -0.2) is 42.4 Å². The molecule has 1 aliphatic carbocycles. The third-order valence-corrected chi connectivity index (χ3v) is 4.00. The highest BCUT2D eigenvalue weighted by molar-refractivity contribution is 5.83. The van der Waals surface area contributed by atoms with Gasteiger partial charge in [-0.15, -0.1) is 0 Å². The Bertz CT molecular complexity index is 572. The van der Waals surface area contributed by atoms with E-state index in [9.17, 15) is 14.4 Å². The molecule has 1 N–H and O–H groups in total. The van der Waals surface area contributed by atoms with Crippen molar-refractivity contribution in [1.29, 1.82) is 0 Å². The predicted octanol–water partition coefficient (Wildman–Crippen LogP) is 3.51. The van der Waals surface area contributed by atoms with Gasteiger partial charge in [0.15, 0.2) is 0 Å². The highest BCUT2D eigenvalue weighted by Crippen LogP contribution is 2.31.